The van der Waals surface area contributed by atoms with Crippen LogP contribution in [0.2, 0.25) is 0 Å². The summed E-state index contributed by atoms with van der Waals surface area (Å²) in [6, 6.07) is 6.46. The zero-order chi connectivity index (χ0) is 28.2. The van der Waals surface area contributed by atoms with Crippen molar-refractivity contribution < 1.29 is 37.3 Å². The van der Waals surface area contributed by atoms with Crippen LogP contribution in [0.3, 0.4) is 0 Å². The van der Waals surface area contributed by atoms with Crippen LogP contribution in [0.15, 0.2) is 36.5 Å². The van der Waals surface area contributed by atoms with Gasteiger partial charge in [-0.1, -0.05) is 0 Å². The van der Waals surface area contributed by atoms with Gasteiger partial charge in [-0.3, -0.25) is 9.78 Å². The molecular formula is C29H32F4N2O4. The monoisotopic (exact) mass is 548 g/mol. The number of ether oxygens (including phenoxy) is 1. The second-order valence-corrected chi connectivity index (χ2v) is 10.1. The number of nitrogens with zero attached hydrogens (tertiary/aromatic N) is 2. The van der Waals surface area contributed by atoms with Crippen molar-refractivity contribution in [1.29, 1.82) is 0 Å². The van der Waals surface area contributed by atoms with E-state index in [0.29, 0.717) is 73.2 Å². The van der Waals surface area contributed by atoms with Crippen molar-refractivity contribution in [3.8, 4) is 5.75 Å². The van der Waals surface area contributed by atoms with Crippen LogP contribution in [0.5, 0.6) is 5.75 Å². The minimum Gasteiger partial charge on any atom is -0.497 e. The average Bonchev–Trinajstić information content (AvgIpc) is 2.92. The van der Waals surface area contributed by atoms with Crippen LogP contribution >= 0.6 is 0 Å². The van der Waals surface area contributed by atoms with Crippen molar-refractivity contribution in [2.75, 3.05) is 26.7 Å². The fourth-order valence-electron chi connectivity index (χ4n) is 5.48. The maximum Gasteiger partial charge on any atom is 0.309 e. The molecule has 39 heavy (non-hydrogen) atoms. The Morgan fingerprint density at radius 3 is 2.46 bits per heavy atom. The van der Waals surface area contributed by atoms with E-state index in [0.717, 1.165) is 0 Å². The highest BCUT2D eigenvalue weighted by Gasteiger charge is 2.41. The molecular weight excluding hydrogens is 516 g/mol. The molecule has 2 aromatic carbocycles. The summed E-state index contributed by atoms with van der Waals surface area (Å²) in [7, 11) is 1.51. The molecule has 1 aliphatic heterocycles. The maximum absolute atomic E-state index is 13.9. The number of hydrogen-bond donors (Lipinski definition) is 2. The highest BCUT2D eigenvalue weighted by Crippen LogP contribution is 2.40. The minimum absolute atomic E-state index is 0.103. The number of halogens is 4. The van der Waals surface area contributed by atoms with Gasteiger partial charge in [0.1, 0.15) is 29.9 Å². The van der Waals surface area contributed by atoms with Crippen LogP contribution in [0.4, 0.5) is 17.6 Å². The standard InChI is InChI=1S/C29H32F4N2O4/c1-39-20-4-5-25-22(15-20)27(18(16-30)17-34-25)26(36)6-7-29(28(37)38)8-11-35(12-9-29)10-2-3-21-23(32)13-19(31)14-24(21)33/h4-5,13-15,17,26,36H,2-3,6-12,16H2,1H3,(H,37,38)/t26-/m1/s1. The van der Waals surface area contributed by atoms with Gasteiger partial charge in [-0.25, -0.2) is 17.6 Å². The molecule has 0 aliphatic carbocycles. The van der Waals surface area contributed by atoms with Crippen LogP contribution in [0.1, 0.15) is 54.9 Å². The van der Waals surface area contributed by atoms with E-state index >= 15 is 0 Å². The molecule has 1 atom stereocenters. The number of aliphatic carboxylic acids is 1. The molecule has 1 aliphatic rings. The number of aliphatic hydroxyl groups excluding tert-OH is 1. The molecule has 6 nitrogen and oxygen atoms in total. The topological polar surface area (TPSA) is 82.9 Å². The fraction of sp³-hybridized carbons (Fsp3) is 0.448. The number of aromatic nitrogens is 1. The Hall–Kier alpha value is -3.24. The van der Waals surface area contributed by atoms with Crippen molar-refractivity contribution in [3.63, 3.8) is 0 Å². The summed E-state index contributed by atoms with van der Waals surface area (Å²) in [4.78, 5) is 18.7. The summed E-state index contributed by atoms with van der Waals surface area (Å²) in [5.41, 5.74) is -0.000675. The van der Waals surface area contributed by atoms with E-state index in [1.54, 1.807) is 18.2 Å². The van der Waals surface area contributed by atoms with Gasteiger partial charge < -0.3 is 19.8 Å². The number of alkyl halides is 1. The predicted molar refractivity (Wildman–Crippen MR) is 138 cm³/mol. The molecule has 210 valence electrons. The number of piperidine rings is 1. The van der Waals surface area contributed by atoms with Gasteiger partial charge in [-0.05, 0) is 81.9 Å². The van der Waals surface area contributed by atoms with Gasteiger partial charge >= 0.3 is 5.97 Å². The Bertz CT molecular complexity index is 1300. The first kappa shape index (κ1) is 28.8. The quantitative estimate of drug-likeness (QED) is 0.297. The number of carboxylic acid groups (broad SMARTS) is 1. The first-order valence-electron chi connectivity index (χ1n) is 13.0. The summed E-state index contributed by atoms with van der Waals surface area (Å²) in [6.45, 7) is 0.639. The fourth-order valence-corrected chi connectivity index (χ4v) is 5.48. The molecule has 4 rings (SSSR count). The van der Waals surface area contributed by atoms with Crippen LogP contribution in [0.25, 0.3) is 10.9 Å². The number of hydrogen-bond acceptors (Lipinski definition) is 5. The molecule has 1 fully saturated rings. The number of likely N-dealkylation sites (tertiary alicyclic amines) is 1. The lowest BCUT2D eigenvalue weighted by molar-refractivity contribution is -0.153. The highest BCUT2D eigenvalue weighted by atomic mass is 19.1. The van der Waals surface area contributed by atoms with Gasteiger partial charge in [0.25, 0.3) is 0 Å². The Morgan fingerprint density at radius 2 is 1.85 bits per heavy atom. The van der Waals surface area contributed by atoms with Crippen LogP contribution < -0.4 is 4.74 Å². The lowest BCUT2D eigenvalue weighted by atomic mass is 9.73. The molecule has 0 spiro atoms. The normalized spacial score (nSPS) is 16.4. The van der Waals surface area contributed by atoms with E-state index in [1.807, 2.05) is 4.90 Å². The number of pyridine rings is 1. The summed E-state index contributed by atoms with van der Waals surface area (Å²) in [5, 5.41) is 21.8. The van der Waals surface area contributed by atoms with Crippen molar-refractivity contribution in [2.24, 2.45) is 5.41 Å². The molecule has 0 amide bonds. The van der Waals surface area contributed by atoms with E-state index in [4.69, 9.17) is 4.74 Å². The number of rotatable bonds is 11. The van der Waals surface area contributed by atoms with Gasteiger partial charge in [-0.2, -0.15) is 0 Å². The second kappa shape index (κ2) is 12.3. The van der Waals surface area contributed by atoms with E-state index in [1.165, 1.54) is 13.3 Å². The second-order valence-electron chi connectivity index (χ2n) is 10.1. The van der Waals surface area contributed by atoms with Gasteiger partial charge in [0, 0.05) is 34.8 Å². The minimum atomic E-state index is -1.09. The van der Waals surface area contributed by atoms with Gasteiger partial charge in [0.15, 0.2) is 0 Å². The van der Waals surface area contributed by atoms with Crippen molar-refractivity contribution in [3.05, 3.63) is 70.7 Å². The van der Waals surface area contributed by atoms with Crippen LogP contribution in [-0.4, -0.2) is 52.8 Å². The third-order valence-electron chi connectivity index (χ3n) is 7.85. The van der Waals surface area contributed by atoms with E-state index < -0.39 is 41.6 Å². The SMILES string of the molecule is COc1ccc2ncc(CF)c([C@H](O)CCC3(C(=O)O)CCN(CCCc4c(F)cc(F)cc4F)CC3)c2c1. The van der Waals surface area contributed by atoms with Gasteiger partial charge in [0.05, 0.1) is 24.1 Å². The Balaban J connectivity index is 1.39. The third kappa shape index (κ3) is 6.33. The molecule has 0 bridgehead atoms. The number of benzene rings is 2. The Kier molecular flexibility index (Phi) is 9.07. The molecule has 0 saturated carbocycles. The summed E-state index contributed by atoms with van der Waals surface area (Å²) in [5.74, 6) is -3.20. The molecule has 3 aromatic rings. The zero-order valence-electron chi connectivity index (χ0n) is 21.7. The molecule has 0 unspecified atom stereocenters. The Labute approximate surface area is 224 Å². The summed E-state index contributed by atoms with van der Waals surface area (Å²) < 4.78 is 60.0. The van der Waals surface area contributed by atoms with Gasteiger partial charge in [0.2, 0.25) is 0 Å². The average molecular weight is 549 g/mol. The summed E-state index contributed by atoms with van der Waals surface area (Å²) in [6.07, 6.45) is 1.84. The molecule has 2 N–H and O–H groups in total. The van der Waals surface area contributed by atoms with Crippen LogP contribution in [0, 0.1) is 22.9 Å². The van der Waals surface area contributed by atoms with E-state index in [9.17, 15) is 32.6 Å². The molecule has 1 saturated heterocycles. The summed E-state index contributed by atoms with van der Waals surface area (Å²) >= 11 is 0. The van der Waals surface area contributed by atoms with Crippen molar-refractivity contribution in [2.45, 2.75) is 51.3 Å². The maximum atomic E-state index is 13.9. The molecule has 2 heterocycles. The Morgan fingerprint density at radius 1 is 1.15 bits per heavy atom. The number of aliphatic hydroxyl groups is 1. The molecule has 10 heteroatoms. The highest BCUT2D eigenvalue weighted by molar-refractivity contribution is 5.85. The first-order valence-corrected chi connectivity index (χ1v) is 13.0. The van der Waals surface area contributed by atoms with Crippen molar-refractivity contribution in [1.82, 2.24) is 9.88 Å². The van der Waals surface area contributed by atoms with Crippen molar-refractivity contribution >= 4 is 16.9 Å². The first-order chi connectivity index (χ1) is 18.7. The predicted octanol–water partition coefficient (Wildman–Crippen LogP) is 5.74. The van der Waals surface area contributed by atoms with E-state index in [2.05, 4.69) is 4.98 Å². The number of carbonyl (C=O) groups is 1. The lowest BCUT2D eigenvalue weighted by Crippen LogP contribution is -2.44. The number of carboxylic acids is 1. The molecule has 0 radical (unpaired) electrons. The number of fused-ring (bicyclic) bond motifs is 1. The smallest absolute Gasteiger partial charge is 0.309 e. The molecule has 1 aromatic heterocycles. The third-order valence-corrected chi connectivity index (χ3v) is 7.85. The lowest BCUT2D eigenvalue weighted by Gasteiger charge is -2.39. The van der Waals surface area contributed by atoms with Crippen LogP contribution in [-0.2, 0) is 17.9 Å². The number of methoxy groups -OCH3 is 1. The largest absolute Gasteiger partial charge is 0.497 e. The van der Waals surface area contributed by atoms with Gasteiger partial charge in [-0.15, -0.1) is 0 Å². The zero-order valence-corrected chi connectivity index (χ0v) is 21.7. The van der Waals surface area contributed by atoms with E-state index in [-0.39, 0.29) is 30.4 Å².